The summed E-state index contributed by atoms with van der Waals surface area (Å²) in [5.41, 5.74) is 2.05. The number of phenolic OH excluding ortho intramolecular Hbond substituents is 1. The quantitative estimate of drug-likeness (QED) is 0.778. The van der Waals surface area contributed by atoms with Gasteiger partial charge in [0, 0.05) is 11.8 Å². The van der Waals surface area contributed by atoms with Gasteiger partial charge in [-0.05, 0) is 37.6 Å². The number of phenols is 1. The Balaban J connectivity index is 2.18. The molecule has 1 aromatic heterocycles. The van der Waals surface area contributed by atoms with Gasteiger partial charge in [-0.3, -0.25) is 4.79 Å². The minimum Gasteiger partial charge on any atom is -0.508 e. The zero-order valence-corrected chi connectivity index (χ0v) is 9.52. The first kappa shape index (κ1) is 11.2. The predicted octanol–water partition coefficient (Wildman–Crippen LogP) is 2.25. The summed E-state index contributed by atoms with van der Waals surface area (Å²) in [4.78, 5) is 11.8. The number of hydrogen-bond acceptors (Lipinski definition) is 4. The molecule has 2 rings (SSSR count). The molecule has 1 heterocycles. The average Bonchev–Trinajstić information content (AvgIpc) is 2.69. The molecule has 0 radical (unpaired) electrons. The number of nitrogens with one attached hydrogen (secondary N) is 1. The molecule has 0 bridgehead atoms. The van der Waals surface area contributed by atoms with E-state index in [1.165, 1.54) is 6.07 Å². The van der Waals surface area contributed by atoms with Crippen LogP contribution in [0.5, 0.6) is 5.75 Å². The molecule has 2 aromatic rings. The second-order valence-corrected chi connectivity index (χ2v) is 3.79. The highest BCUT2D eigenvalue weighted by Crippen LogP contribution is 2.20. The number of aryl methyl sites for hydroxylation is 2. The Hall–Kier alpha value is -2.30. The number of rotatable bonds is 2. The fourth-order valence-corrected chi connectivity index (χ4v) is 1.44. The normalized spacial score (nSPS) is 10.2. The van der Waals surface area contributed by atoms with E-state index >= 15 is 0 Å². The maximum Gasteiger partial charge on any atom is 0.294 e. The van der Waals surface area contributed by atoms with E-state index in [1.807, 2.05) is 0 Å². The number of carbonyl (C=O) groups is 1. The van der Waals surface area contributed by atoms with Crippen LogP contribution in [0.15, 0.2) is 28.8 Å². The summed E-state index contributed by atoms with van der Waals surface area (Å²) in [6.45, 7) is 3.53. The highest BCUT2D eigenvalue weighted by molar-refractivity contribution is 6.02. The number of nitrogens with zero attached hydrogens (tertiary/aromatic N) is 1. The van der Waals surface area contributed by atoms with E-state index in [1.54, 1.807) is 32.0 Å². The third kappa shape index (κ3) is 2.44. The van der Waals surface area contributed by atoms with Crippen LogP contribution in [0.3, 0.4) is 0 Å². The third-order valence-corrected chi connectivity index (χ3v) is 2.31. The smallest absolute Gasteiger partial charge is 0.294 e. The molecule has 5 heteroatoms. The standard InChI is InChI=1S/C12H12N2O3/c1-7-5-9(15)3-4-10(7)13-12(16)11-6-8(2)14-17-11/h3-6,15H,1-2H3,(H,13,16). The van der Waals surface area contributed by atoms with Gasteiger partial charge in [-0.1, -0.05) is 5.16 Å². The van der Waals surface area contributed by atoms with Crippen LogP contribution in [0.1, 0.15) is 21.8 Å². The molecule has 0 saturated heterocycles. The predicted molar refractivity (Wildman–Crippen MR) is 62.0 cm³/mol. The average molecular weight is 232 g/mol. The van der Waals surface area contributed by atoms with Gasteiger partial charge in [0.05, 0.1) is 5.69 Å². The topological polar surface area (TPSA) is 75.4 Å². The Morgan fingerprint density at radius 3 is 2.71 bits per heavy atom. The van der Waals surface area contributed by atoms with Crippen LogP contribution in [0.25, 0.3) is 0 Å². The van der Waals surface area contributed by atoms with Gasteiger partial charge in [0.2, 0.25) is 5.76 Å². The number of amides is 1. The van der Waals surface area contributed by atoms with Crippen LogP contribution in [0.2, 0.25) is 0 Å². The Labute approximate surface area is 98.1 Å². The molecular weight excluding hydrogens is 220 g/mol. The molecule has 0 spiro atoms. The van der Waals surface area contributed by atoms with E-state index in [4.69, 9.17) is 4.52 Å². The van der Waals surface area contributed by atoms with Crippen molar-refractivity contribution in [3.63, 3.8) is 0 Å². The summed E-state index contributed by atoms with van der Waals surface area (Å²) in [5, 5.41) is 15.6. The van der Waals surface area contributed by atoms with Crippen molar-refractivity contribution in [2.24, 2.45) is 0 Å². The monoisotopic (exact) mass is 232 g/mol. The second-order valence-electron chi connectivity index (χ2n) is 3.79. The van der Waals surface area contributed by atoms with Crippen LogP contribution in [-0.2, 0) is 0 Å². The van der Waals surface area contributed by atoms with E-state index in [2.05, 4.69) is 10.5 Å². The van der Waals surface area contributed by atoms with Crippen molar-refractivity contribution in [2.75, 3.05) is 5.32 Å². The summed E-state index contributed by atoms with van der Waals surface area (Å²) in [6.07, 6.45) is 0. The highest BCUT2D eigenvalue weighted by atomic mass is 16.5. The van der Waals surface area contributed by atoms with Gasteiger partial charge in [0.15, 0.2) is 0 Å². The number of benzene rings is 1. The second kappa shape index (κ2) is 4.29. The fourth-order valence-electron chi connectivity index (χ4n) is 1.44. The van der Waals surface area contributed by atoms with Gasteiger partial charge < -0.3 is 14.9 Å². The molecule has 0 fully saturated rings. The van der Waals surface area contributed by atoms with Crippen molar-refractivity contribution >= 4 is 11.6 Å². The maximum absolute atomic E-state index is 11.8. The molecule has 0 aliphatic rings. The minimum atomic E-state index is -0.362. The van der Waals surface area contributed by atoms with Gasteiger partial charge in [0.1, 0.15) is 5.75 Å². The molecule has 0 unspecified atom stereocenters. The Bertz CT molecular complexity index is 561. The molecule has 88 valence electrons. The van der Waals surface area contributed by atoms with Gasteiger partial charge in [-0.15, -0.1) is 0 Å². The Kier molecular flexibility index (Phi) is 2.82. The number of anilines is 1. The molecule has 1 amide bonds. The van der Waals surface area contributed by atoms with E-state index < -0.39 is 0 Å². The van der Waals surface area contributed by atoms with Crippen LogP contribution < -0.4 is 5.32 Å². The van der Waals surface area contributed by atoms with Gasteiger partial charge in [-0.25, -0.2) is 0 Å². The minimum absolute atomic E-state index is 0.162. The van der Waals surface area contributed by atoms with Crippen molar-refractivity contribution in [3.05, 3.63) is 41.3 Å². The maximum atomic E-state index is 11.8. The zero-order valence-electron chi connectivity index (χ0n) is 9.52. The molecule has 5 nitrogen and oxygen atoms in total. The largest absolute Gasteiger partial charge is 0.508 e. The number of carbonyl (C=O) groups excluding carboxylic acids is 1. The summed E-state index contributed by atoms with van der Waals surface area (Å²) in [6, 6.07) is 6.27. The first-order valence-corrected chi connectivity index (χ1v) is 5.10. The molecular formula is C12H12N2O3. The summed E-state index contributed by atoms with van der Waals surface area (Å²) in [7, 11) is 0. The SMILES string of the molecule is Cc1cc(C(=O)Nc2ccc(O)cc2C)on1. The Morgan fingerprint density at radius 2 is 2.12 bits per heavy atom. The van der Waals surface area contributed by atoms with Crippen molar-refractivity contribution in [2.45, 2.75) is 13.8 Å². The van der Waals surface area contributed by atoms with E-state index in [0.717, 1.165) is 5.56 Å². The lowest BCUT2D eigenvalue weighted by Crippen LogP contribution is -2.11. The van der Waals surface area contributed by atoms with Crippen LogP contribution in [0.4, 0.5) is 5.69 Å². The summed E-state index contributed by atoms with van der Waals surface area (Å²) < 4.78 is 4.85. The number of aromatic nitrogens is 1. The Morgan fingerprint density at radius 1 is 1.35 bits per heavy atom. The van der Waals surface area contributed by atoms with Crippen LogP contribution in [-0.4, -0.2) is 16.2 Å². The third-order valence-electron chi connectivity index (χ3n) is 2.31. The molecule has 1 aromatic carbocycles. The molecule has 0 aliphatic carbocycles. The zero-order chi connectivity index (χ0) is 12.4. The van der Waals surface area contributed by atoms with Gasteiger partial charge in [0.25, 0.3) is 5.91 Å². The highest BCUT2D eigenvalue weighted by Gasteiger charge is 2.12. The molecule has 0 aliphatic heterocycles. The molecule has 0 atom stereocenters. The van der Waals surface area contributed by atoms with Crippen LogP contribution in [0, 0.1) is 13.8 Å². The molecule has 2 N–H and O–H groups in total. The first-order chi connectivity index (χ1) is 8.06. The van der Waals surface area contributed by atoms with E-state index in [0.29, 0.717) is 11.4 Å². The van der Waals surface area contributed by atoms with Crippen molar-refractivity contribution in [1.82, 2.24) is 5.16 Å². The van der Waals surface area contributed by atoms with Crippen molar-refractivity contribution < 1.29 is 14.4 Å². The summed E-state index contributed by atoms with van der Waals surface area (Å²) >= 11 is 0. The van der Waals surface area contributed by atoms with E-state index in [-0.39, 0.29) is 17.4 Å². The lowest BCUT2D eigenvalue weighted by Gasteiger charge is -2.06. The molecule has 0 saturated carbocycles. The number of hydrogen-bond donors (Lipinski definition) is 2. The van der Waals surface area contributed by atoms with Gasteiger partial charge in [-0.2, -0.15) is 0 Å². The van der Waals surface area contributed by atoms with Gasteiger partial charge >= 0.3 is 0 Å². The van der Waals surface area contributed by atoms with Crippen molar-refractivity contribution in [3.8, 4) is 5.75 Å². The number of aromatic hydroxyl groups is 1. The lowest BCUT2D eigenvalue weighted by molar-refractivity contribution is 0.0987. The van der Waals surface area contributed by atoms with Crippen molar-refractivity contribution in [1.29, 1.82) is 0 Å². The van der Waals surface area contributed by atoms with E-state index in [9.17, 15) is 9.90 Å². The molecule has 17 heavy (non-hydrogen) atoms. The first-order valence-electron chi connectivity index (χ1n) is 5.10. The van der Waals surface area contributed by atoms with Crippen LogP contribution >= 0.6 is 0 Å². The lowest BCUT2D eigenvalue weighted by atomic mass is 10.2. The fraction of sp³-hybridized carbons (Fsp3) is 0.167. The summed E-state index contributed by atoms with van der Waals surface area (Å²) in [5.74, 6) is -0.0367.